The van der Waals surface area contributed by atoms with Gasteiger partial charge >= 0.3 is 0 Å². The summed E-state index contributed by atoms with van der Waals surface area (Å²) < 4.78 is 5.56. The maximum atomic E-state index is 6.21. The van der Waals surface area contributed by atoms with Crippen molar-refractivity contribution in [3.05, 3.63) is 23.2 Å². The van der Waals surface area contributed by atoms with E-state index in [0.29, 0.717) is 17.7 Å². The fourth-order valence-corrected chi connectivity index (χ4v) is 2.36. The van der Waals surface area contributed by atoms with Crippen molar-refractivity contribution in [1.29, 1.82) is 0 Å². The lowest BCUT2D eigenvalue weighted by atomic mass is 10.1. The average Bonchev–Trinajstić information content (AvgIpc) is 2.39. The molecular weight excluding hydrogens is 248 g/mol. The fourth-order valence-electron chi connectivity index (χ4n) is 2.12. The van der Waals surface area contributed by atoms with Gasteiger partial charge in [-0.15, -0.1) is 0 Å². The molecule has 18 heavy (non-hydrogen) atoms. The van der Waals surface area contributed by atoms with Crippen molar-refractivity contribution in [2.75, 3.05) is 25.0 Å². The van der Waals surface area contributed by atoms with Crippen molar-refractivity contribution in [1.82, 2.24) is 5.32 Å². The summed E-state index contributed by atoms with van der Waals surface area (Å²) in [6.07, 6.45) is 3.31. The van der Waals surface area contributed by atoms with E-state index in [2.05, 4.69) is 17.6 Å². The third-order valence-corrected chi connectivity index (χ3v) is 3.40. The van der Waals surface area contributed by atoms with Gasteiger partial charge < -0.3 is 15.4 Å². The molecule has 0 unspecified atom stereocenters. The first kappa shape index (κ1) is 13.5. The molecule has 1 aromatic carbocycles. The van der Waals surface area contributed by atoms with Gasteiger partial charge in [-0.25, -0.2) is 0 Å². The molecule has 100 valence electrons. The highest BCUT2D eigenvalue weighted by Gasteiger charge is 2.13. The minimum atomic E-state index is 0.546. The predicted molar refractivity (Wildman–Crippen MR) is 76.8 cm³/mol. The number of piperidine rings is 1. The molecule has 0 bridgehead atoms. The Balaban J connectivity index is 1.94. The van der Waals surface area contributed by atoms with E-state index in [0.717, 1.165) is 43.8 Å². The number of anilines is 1. The van der Waals surface area contributed by atoms with Crippen LogP contribution >= 0.6 is 11.6 Å². The molecule has 0 atom stereocenters. The number of ether oxygens (including phenoxy) is 1. The molecule has 1 saturated heterocycles. The van der Waals surface area contributed by atoms with E-state index in [-0.39, 0.29) is 0 Å². The lowest BCUT2D eigenvalue weighted by Gasteiger charge is -2.24. The molecule has 0 aromatic heterocycles. The molecule has 3 nitrogen and oxygen atoms in total. The van der Waals surface area contributed by atoms with Crippen LogP contribution in [0.4, 0.5) is 5.69 Å². The second-order valence-electron chi connectivity index (χ2n) is 4.66. The minimum Gasteiger partial charge on any atom is -0.492 e. The molecule has 4 heteroatoms. The lowest BCUT2D eigenvalue weighted by Crippen LogP contribution is -2.35. The van der Waals surface area contributed by atoms with Crippen LogP contribution in [0.25, 0.3) is 0 Å². The maximum absolute atomic E-state index is 6.21. The summed E-state index contributed by atoms with van der Waals surface area (Å²) >= 11 is 6.21. The average molecular weight is 269 g/mol. The number of benzene rings is 1. The number of hydrogen-bond acceptors (Lipinski definition) is 3. The van der Waals surface area contributed by atoms with Crippen LogP contribution in [-0.2, 0) is 0 Å². The van der Waals surface area contributed by atoms with E-state index in [9.17, 15) is 0 Å². The zero-order valence-corrected chi connectivity index (χ0v) is 11.6. The highest BCUT2D eigenvalue weighted by molar-refractivity contribution is 6.32. The third kappa shape index (κ3) is 3.79. The topological polar surface area (TPSA) is 33.3 Å². The fraction of sp³-hybridized carbons (Fsp3) is 0.571. The van der Waals surface area contributed by atoms with E-state index in [4.69, 9.17) is 16.3 Å². The molecule has 0 aliphatic carbocycles. The molecule has 0 radical (unpaired) electrons. The van der Waals surface area contributed by atoms with E-state index in [1.807, 2.05) is 18.2 Å². The summed E-state index contributed by atoms with van der Waals surface area (Å²) in [6, 6.07) is 6.49. The van der Waals surface area contributed by atoms with Crippen molar-refractivity contribution in [3.8, 4) is 5.75 Å². The van der Waals surface area contributed by atoms with Gasteiger partial charge in [0.1, 0.15) is 5.75 Å². The Morgan fingerprint density at radius 3 is 2.83 bits per heavy atom. The van der Waals surface area contributed by atoms with Crippen LogP contribution in [0.15, 0.2) is 18.2 Å². The standard InChI is InChI=1S/C14H21ClN2O/c1-2-9-18-14-4-3-12(10-13(14)15)17-11-5-7-16-8-6-11/h3-4,10-11,16-17H,2,5-9H2,1H3. The molecule has 0 saturated carbocycles. The van der Waals surface area contributed by atoms with Crippen LogP contribution < -0.4 is 15.4 Å². The van der Waals surface area contributed by atoms with Crippen LogP contribution in [-0.4, -0.2) is 25.7 Å². The molecule has 1 aliphatic rings. The smallest absolute Gasteiger partial charge is 0.138 e. The van der Waals surface area contributed by atoms with Crippen LogP contribution in [0.1, 0.15) is 26.2 Å². The molecule has 2 rings (SSSR count). The second kappa shape index (κ2) is 6.86. The van der Waals surface area contributed by atoms with Crippen LogP contribution in [0, 0.1) is 0 Å². The third-order valence-electron chi connectivity index (χ3n) is 3.10. The monoisotopic (exact) mass is 268 g/mol. The van der Waals surface area contributed by atoms with Crippen molar-refractivity contribution in [3.63, 3.8) is 0 Å². The first-order valence-electron chi connectivity index (χ1n) is 6.69. The quantitative estimate of drug-likeness (QED) is 0.860. The van der Waals surface area contributed by atoms with Gasteiger partial charge in [-0.05, 0) is 50.6 Å². The lowest BCUT2D eigenvalue weighted by molar-refractivity contribution is 0.317. The second-order valence-corrected chi connectivity index (χ2v) is 5.07. The molecule has 1 fully saturated rings. The normalized spacial score (nSPS) is 16.6. The van der Waals surface area contributed by atoms with Gasteiger partial charge in [-0.1, -0.05) is 18.5 Å². The number of hydrogen-bond donors (Lipinski definition) is 2. The Morgan fingerprint density at radius 1 is 1.39 bits per heavy atom. The van der Waals surface area contributed by atoms with Gasteiger partial charge in [0.2, 0.25) is 0 Å². The maximum Gasteiger partial charge on any atom is 0.138 e. The van der Waals surface area contributed by atoms with Crippen molar-refractivity contribution < 1.29 is 4.74 Å². The molecular formula is C14H21ClN2O. The Labute approximate surface area is 114 Å². The molecule has 2 N–H and O–H groups in total. The molecule has 1 aliphatic heterocycles. The number of nitrogens with one attached hydrogen (secondary N) is 2. The molecule has 1 heterocycles. The Kier molecular flexibility index (Phi) is 5.14. The Morgan fingerprint density at radius 2 is 2.17 bits per heavy atom. The van der Waals surface area contributed by atoms with Crippen molar-refractivity contribution in [2.24, 2.45) is 0 Å². The minimum absolute atomic E-state index is 0.546. The first-order chi connectivity index (χ1) is 8.79. The zero-order valence-electron chi connectivity index (χ0n) is 10.8. The predicted octanol–water partition coefficient (Wildman–Crippen LogP) is 3.29. The van der Waals surface area contributed by atoms with Crippen LogP contribution in [0.5, 0.6) is 5.75 Å². The summed E-state index contributed by atoms with van der Waals surface area (Å²) in [5, 5.41) is 7.57. The largest absolute Gasteiger partial charge is 0.492 e. The highest BCUT2D eigenvalue weighted by atomic mass is 35.5. The van der Waals surface area contributed by atoms with Gasteiger partial charge in [0, 0.05) is 11.7 Å². The molecule has 1 aromatic rings. The zero-order chi connectivity index (χ0) is 12.8. The van der Waals surface area contributed by atoms with Crippen molar-refractivity contribution in [2.45, 2.75) is 32.2 Å². The molecule has 0 spiro atoms. The number of halogens is 1. The summed E-state index contributed by atoms with van der Waals surface area (Å²) in [5.74, 6) is 0.773. The first-order valence-corrected chi connectivity index (χ1v) is 7.07. The summed E-state index contributed by atoms with van der Waals surface area (Å²) in [6.45, 7) is 4.97. The highest BCUT2D eigenvalue weighted by Crippen LogP contribution is 2.28. The Bertz CT molecular complexity index is 378. The van der Waals surface area contributed by atoms with Gasteiger partial charge in [0.25, 0.3) is 0 Å². The van der Waals surface area contributed by atoms with Gasteiger partial charge in [-0.2, -0.15) is 0 Å². The van der Waals surface area contributed by atoms with Gasteiger partial charge in [0.15, 0.2) is 0 Å². The van der Waals surface area contributed by atoms with Crippen LogP contribution in [0.2, 0.25) is 5.02 Å². The van der Waals surface area contributed by atoms with E-state index >= 15 is 0 Å². The van der Waals surface area contributed by atoms with Crippen molar-refractivity contribution >= 4 is 17.3 Å². The summed E-state index contributed by atoms with van der Waals surface area (Å²) in [4.78, 5) is 0. The number of rotatable bonds is 5. The van der Waals surface area contributed by atoms with Crippen LogP contribution in [0.3, 0.4) is 0 Å². The summed E-state index contributed by atoms with van der Waals surface area (Å²) in [5.41, 5.74) is 1.08. The Hall–Kier alpha value is -0.930. The summed E-state index contributed by atoms with van der Waals surface area (Å²) in [7, 11) is 0. The molecule has 0 amide bonds. The SMILES string of the molecule is CCCOc1ccc(NC2CCNCC2)cc1Cl. The van der Waals surface area contributed by atoms with E-state index < -0.39 is 0 Å². The van der Waals surface area contributed by atoms with E-state index in [1.54, 1.807) is 0 Å². The van der Waals surface area contributed by atoms with E-state index in [1.165, 1.54) is 0 Å². The van der Waals surface area contributed by atoms with Gasteiger partial charge in [-0.3, -0.25) is 0 Å². The van der Waals surface area contributed by atoms with Gasteiger partial charge in [0.05, 0.1) is 11.6 Å².